The molecule has 0 spiro atoms. The van der Waals surface area contributed by atoms with E-state index in [0.717, 1.165) is 36.9 Å². The maximum absolute atomic E-state index is 12.7. The van der Waals surface area contributed by atoms with Gasteiger partial charge in [0.1, 0.15) is 0 Å². The van der Waals surface area contributed by atoms with Gasteiger partial charge in [-0.3, -0.25) is 14.3 Å². The molecular weight excluding hydrogens is 342 g/mol. The predicted molar refractivity (Wildman–Crippen MR) is 104 cm³/mol. The Morgan fingerprint density at radius 3 is 2.56 bits per heavy atom. The number of carbonyl (C=O) groups is 2. The van der Waals surface area contributed by atoms with Crippen molar-refractivity contribution >= 4 is 11.9 Å². The van der Waals surface area contributed by atoms with Crippen molar-refractivity contribution in [3.63, 3.8) is 0 Å². The van der Waals surface area contributed by atoms with Crippen molar-refractivity contribution < 1.29 is 14.7 Å². The van der Waals surface area contributed by atoms with Crippen molar-refractivity contribution in [3.05, 3.63) is 42.1 Å². The van der Waals surface area contributed by atoms with E-state index in [2.05, 4.69) is 10.4 Å². The van der Waals surface area contributed by atoms with Gasteiger partial charge in [-0.2, -0.15) is 5.10 Å². The third kappa shape index (κ3) is 4.96. The van der Waals surface area contributed by atoms with Crippen LogP contribution in [0.3, 0.4) is 0 Å². The van der Waals surface area contributed by atoms with Gasteiger partial charge in [-0.05, 0) is 25.7 Å². The highest BCUT2D eigenvalue weighted by Crippen LogP contribution is 2.34. The van der Waals surface area contributed by atoms with Crippen LogP contribution < -0.4 is 5.32 Å². The number of benzene rings is 1. The minimum atomic E-state index is -0.772. The van der Waals surface area contributed by atoms with Crippen LogP contribution in [0.5, 0.6) is 0 Å². The number of hydrogen-bond donors (Lipinski definition) is 2. The molecule has 6 nitrogen and oxygen atoms in total. The highest BCUT2D eigenvalue weighted by molar-refractivity contribution is 5.99. The molecule has 2 aromatic rings. The number of unbranched alkanes of at least 4 members (excludes halogenated alkanes) is 2. The quantitative estimate of drug-likeness (QED) is 0.653. The maximum Gasteiger partial charge on any atom is 0.303 e. The molecule has 3 rings (SSSR count). The molecule has 2 N–H and O–H groups in total. The van der Waals surface area contributed by atoms with Crippen molar-refractivity contribution in [3.8, 4) is 11.3 Å². The van der Waals surface area contributed by atoms with E-state index in [1.807, 2.05) is 35.0 Å². The summed E-state index contributed by atoms with van der Waals surface area (Å²) in [6.07, 6.45) is 8.68. The van der Waals surface area contributed by atoms with Gasteiger partial charge in [-0.15, -0.1) is 0 Å². The number of amides is 1. The molecule has 1 fully saturated rings. The van der Waals surface area contributed by atoms with Crippen LogP contribution in [0.15, 0.2) is 36.5 Å². The molecule has 1 aliphatic carbocycles. The van der Waals surface area contributed by atoms with Gasteiger partial charge < -0.3 is 10.4 Å². The standard InChI is InChI=1S/C21H27N3O3/c25-19(26)13-5-2-8-14-22-21(27)18-15-23-24(17-11-6-7-12-17)20(18)16-9-3-1-4-10-16/h1,3-4,9-10,15,17H,2,5-8,11-14H2,(H,22,27)(H,25,26). The lowest BCUT2D eigenvalue weighted by Gasteiger charge is -2.15. The molecule has 0 aliphatic heterocycles. The van der Waals surface area contributed by atoms with Crippen molar-refractivity contribution in [2.24, 2.45) is 0 Å². The second-order valence-corrected chi connectivity index (χ2v) is 7.12. The highest BCUT2D eigenvalue weighted by atomic mass is 16.4. The monoisotopic (exact) mass is 369 g/mol. The number of rotatable bonds is 9. The van der Waals surface area contributed by atoms with Crippen molar-refractivity contribution in [1.29, 1.82) is 0 Å². The molecule has 144 valence electrons. The third-order valence-electron chi connectivity index (χ3n) is 5.11. The summed E-state index contributed by atoms with van der Waals surface area (Å²) in [5.74, 6) is -0.887. The second kappa shape index (κ2) is 9.35. The minimum absolute atomic E-state index is 0.115. The largest absolute Gasteiger partial charge is 0.481 e. The first-order chi connectivity index (χ1) is 13.2. The van der Waals surface area contributed by atoms with E-state index in [1.165, 1.54) is 12.8 Å². The van der Waals surface area contributed by atoms with E-state index in [-0.39, 0.29) is 12.3 Å². The van der Waals surface area contributed by atoms with Gasteiger partial charge in [0.25, 0.3) is 5.91 Å². The average Bonchev–Trinajstić information content (AvgIpc) is 3.34. The van der Waals surface area contributed by atoms with Gasteiger partial charge in [0, 0.05) is 18.5 Å². The van der Waals surface area contributed by atoms with Gasteiger partial charge in [-0.1, -0.05) is 49.6 Å². The van der Waals surface area contributed by atoms with Crippen LogP contribution in [0, 0.1) is 0 Å². The number of aromatic nitrogens is 2. The van der Waals surface area contributed by atoms with Crippen molar-refractivity contribution in [2.45, 2.75) is 57.4 Å². The molecule has 1 amide bonds. The molecule has 0 saturated heterocycles. The topological polar surface area (TPSA) is 84.2 Å². The molecule has 0 radical (unpaired) electrons. The number of nitrogens with one attached hydrogen (secondary N) is 1. The SMILES string of the molecule is O=C(O)CCCCCNC(=O)c1cnn(C2CCCC2)c1-c1ccccc1. The molecule has 0 atom stereocenters. The van der Waals surface area contributed by atoms with Crippen LogP contribution >= 0.6 is 0 Å². The van der Waals surface area contributed by atoms with E-state index >= 15 is 0 Å². The number of carbonyl (C=O) groups excluding carboxylic acids is 1. The number of hydrogen-bond acceptors (Lipinski definition) is 3. The van der Waals surface area contributed by atoms with Gasteiger partial charge in [0.2, 0.25) is 0 Å². The Balaban J connectivity index is 1.69. The molecule has 27 heavy (non-hydrogen) atoms. The van der Waals surface area contributed by atoms with Gasteiger partial charge in [-0.25, -0.2) is 0 Å². The van der Waals surface area contributed by atoms with E-state index < -0.39 is 5.97 Å². The Labute approximate surface area is 159 Å². The van der Waals surface area contributed by atoms with Gasteiger partial charge >= 0.3 is 5.97 Å². The van der Waals surface area contributed by atoms with Crippen LogP contribution in [-0.2, 0) is 4.79 Å². The van der Waals surface area contributed by atoms with E-state index in [9.17, 15) is 9.59 Å². The summed E-state index contributed by atoms with van der Waals surface area (Å²) in [6, 6.07) is 10.3. The van der Waals surface area contributed by atoms with Crippen LogP contribution in [0.4, 0.5) is 0 Å². The molecule has 1 saturated carbocycles. The summed E-state index contributed by atoms with van der Waals surface area (Å²) in [4.78, 5) is 23.3. The Bertz CT molecular complexity index is 764. The molecule has 1 aromatic heterocycles. The number of carboxylic acids is 1. The molecule has 1 aromatic carbocycles. The van der Waals surface area contributed by atoms with Crippen LogP contribution in [0.1, 0.15) is 67.8 Å². The fourth-order valence-electron chi connectivity index (χ4n) is 3.71. The summed E-state index contributed by atoms with van der Waals surface area (Å²) in [5, 5.41) is 16.2. The Morgan fingerprint density at radius 1 is 1.11 bits per heavy atom. The zero-order valence-corrected chi connectivity index (χ0v) is 15.6. The smallest absolute Gasteiger partial charge is 0.303 e. The molecular formula is C21H27N3O3. The second-order valence-electron chi connectivity index (χ2n) is 7.12. The Kier molecular flexibility index (Phi) is 6.63. The number of aliphatic carboxylic acids is 1. The van der Waals surface area contributed by atoms with Crippen LogP contribution in [0.25, 0.3) is 11.3 Å². The lowest BCUT2D eigenvalue weighted by molar-refractivity contribution is -0.137. The first-order valence-electron chi connectivity index (χ1n) is 9.79. The Hall–Kier alpha value is -2.63. The lowest BCUT2D eigenvalue weighted by Crippen LogP contribution is -2.25. The summed E-state index contributed by atoms with van der Waals surface area (Å²) in [6.45, 7) is 0.543. The number of nitrogens with zero attached hydrogens (tertiary/aromatic N) is 2. The third-order valence-corrected chi connectivity index (χ3v) is 5.11. The molecule has 0 bridgehead atoms. The minimum Gasteiger partial charge on any atom is -0.481 e. The Morgan fingerprint density at radius 2 is 1.85 bits per heavy atom. The van der Waals surface area contributed by atoms with Crippen LogP contribution in [0.2, 0.25) is 0 Å². The van der Waals surface area contributed by atoms with Crippen molar-refractivity contribution in [1.82, 2.24) is 15.1 Å². The maximum atomic E-state index is 12.7. The van der Waals surface area contributed by atoms with E-state index in [0.29, 0.717) is 24.6 Å². The summed E-state index contributed by atoms with van der Waals surface area (Å²) >= 11 is 0. The van der Waals surface area contributed by atoms with E-state index in [4.69, 9.17) is 5.11 Å². The zero-order valence-electron chi connectivity index (χ0n) is 15.6. The average molecular weight is 369 g/mol. The lowest BCUT2D eigenvalue weighted by atomic mass is 10.1. The molecule has 1 aliphatic rings. The normalized spacial score (nSPS) is 14.4. The molecule has 1 heterocycles. The number of carboxylic acid groups (broad SMARTS) is 1. The first-order valence-corrected chi connectivity index (χ1v) is 9.79. The predicted octanol–water partition coefficient (Wildman–Crippen LogP) is 4.04. The first kappa shape index (κ1) is 19.1. The highest BCUT2D eigenvalue weighted by Gasteiger charge is 2.25. The zero-order chi connectivity index (χ0) is 19.1. The van der Waals surface area contributed by atoms with Crippen molar-refractivity contribution in [2.75, 3.05) is 6.54 Å². The fraction of sp³-hybridized carbons (Fsp3) is 0.476. The fourth-order valence-corrected chi connectivity index (χ4v) is 3.71. The van der Waals surface area contributed by atoms with Gasteiger partial charge in [0.05, 0.1) is 23.5 Å². The van der Waals surface area contributed by atoms with E-state index in [1.54, 1.807) is 6.20 Å². The molecule has 0 unspecified atom stereocenters. The summed E-state index contributed by atoms with van der Waals surface area (Å²) in [7, 11) is 0. The summed E-state index contributed by atoms with van der Waals surface area (Å²) < 4.78 is 2.03. The van der Waals surface area contributed by atoms with Gasteiger partial charge in [0.15, 0.2) is 0 Å². The molecule has 6 heteroatoms. The summed E-state index contributed by atoms with van der Waals surface area (Å²) in [5.41, 5.74) is 2.51. The van der Waals surface area contributed by atoms with Crippen LogP contribution in [-0.4, -0.2) is 33.3 Å².